The highest BCUT2D eigenvalue weighted by Gasteiger charge is 2.47. The molecule has 0 bridgehead atoms. The highest BCUT2D eigenvalue weighted by Crippen LogP contribution is 2.51. The van der Waals surface area contributed by atoms with Gasteiger partial charge in [-0.2, -0.15) is 5.10 Å². The fourth-order valence-corrected chi connectivity index (χ4v) is 5.24. The van der Waals surface area contributed by atoms with E-state index in [1.54, 1.807) is 0 Å². The fraction of sp³-hybridized carbons (Fsp3) is 0.565. The molecule has 1 atom stereocenters. The van der Waals surface area contributed by atoms with E-state index in [9.17, 15) is 4.79 Å². The molecule has 1 N–H and O–H groups in total. The summed E-state index contributed by atoms with van der Waals surface area (Å²) in [6, 6.07) is 8.71. The second-order valence-electron chi connectivity index (χ2n) is 9.11. The van der Waals surface area contributed by atoms with E-state index in [-0.39, 0.29) is 17.2 Å². The van der Waals surface area contributed by atoms with Crippen molar-refractivity contribution in [1.82, 2.24) is 20.0 Å². The lowest BCUT2D eigenvalue weighted by Gasteiger charge is -2.40. The molecule has 2 heterocycles. The SMILES string of the molecule is Cn1cc(CN2CCC3(CC2)CC(C(=O)NCC2CC2)c2ccccc23)cn1. The number of nitrogens with zero attached hydrogens (tertiary/aromatic N) is 3. The Labute approximate surface area is 167 Å². The second-order valence-corrected chi connectivity index (χ2v) is 9.11. The van der Waals surface area contributed by atoms with Crippen molar-refractivity contribution in [2.24, 2.45) is 13.0 Å². The molecule has 3 aliphatic rings. The number of fused-ring (bicyclic) bond motifs is 2. The Hall–Kier alpha value is -2.14. The summed E-state index contributed by atoms with van der Waals surface area (Å²) in [5.41, 5.74) is 4.16. The molecule has 1 saturated heterocycles. The predicted molar refractivity (Wildman–Crippen MR) is 109 cm³/mol. The summed E-state index contributed by atoms with van der Waals surface area (Å²) in [6.45, 7) is 4.00. The number of carbonyl (C=O) groups is 1. The molecule has 0 radical (unpaired) electrons. The van der Waals surface area contributed by atoms with Crippen LogP contribution in [0.15, 0.2) is 36.7 Å². The van der Waals surface area contributed by atoms with Crippen molar-refractivity contribution in [1.29, 1.82) is 0 Å². The standard InChI is InChI=1S/C23H30N4O/c1-26-15-18(14-25-26)16-27-10-8-23(9-11-27)12-20(19-4-2-3-5-21(19)23)22(28)24-13-17-6-7-17/h2-5,14-15,17,20H,6-13,16H2,1H3,(H,24,28). The van der Waals surface area contributed by atoms with Crippen LogP contribution in [0, 0.1) is 5.92 Å². The zero-order valence-electron chi connectivity index (χ0n) is 16.7. The van der Waals surface area contributed by atoms with E-state index in [1.165, 1.54) is 29.5 Å². The van der Waals surface area contributed by atoms with Gasteiger partial charge in [0, 0.05) is 31.9 Å². The van der Waals surface area contributed by atoms with Gasteiger partial charge in [-0.05, 0) is 67.7 Å². The molecule has 1 aromatic carbocycles. The Bertz CT molecular complexity index is 861. The van der Waals surface area contributed by atoms with Gasteiger partial charge in [0.05, 0.1) is 12.1 Å². The normalized spacial score (nSPS) is 23.7. The number of nitrogens with one attached hydrogen (secondary N) is 1. The van der Waals surface area contributed by atoms with E-state index < -0.39 is 0 Å². The average molecular weight is 379 g/mol. The van der Waals surface area contributed by atoms with Gasteiger partial charge < -0.3 is 5.32 Å². The van der Waals surface area contributed by atoms with Gasteiger partial charge >= 0.3 is 0 Å². The maximum atomic E-state index is 12.9. The molecule has 5 heteroatoms. The van der Waals surface area contributed by atoms with Crippen molar-refractivity contribution in [3.05, 3.63) is 53.3 Å². The smallest absolute Gasteiger partial charge is 0.227 e. The monoisotopic (exact) mass is 378 g/mol. The van der Waals surface area contributed by atoms with Crippen LogP contribution in [0.1, 0.15) is 54.7 Å². The number of amides is 1. The molecule has 2 aliphatic carbocycles. The molecule has 28 heavy (non-hydrogen) atoms. The zero-order chi connectivity index (χ0) is 19.1. The van der Waals surface area contributed by atoms with Crippen LogP contribution in [0.5, 0.6) is 0 Å². The third-order valence-electron chi connectivity index (χ3n) is 7.06. The number of hydrogen-bond acceptors (Lipinski definition) is 3. The van der Waals surface area contributed by atoms with E-state index in [2.05, 4.69) is 45.8 Å². The Morgan fingerprint density at radius 3 is 2.75 bits per heavy atom. The molecule has 148 valence electrons. The van der Waals surface area contributed by atoms with Gasteiger partial charge in [0.15, 0.2) is 0 Å². The van der Waals surface area contributed by atoms with Crippen LogP contribution in [-0.2, 0) is 23.8 Å². The van der Waals surface area contributed by atoms with Crippen LogP contribution >= 0.6 is 0 Å². The lowest BCUT2D eigenvalue weighted by Crippen LogP contribution is -2.41. The Kier molecular flexibility index (Phi) is 4.50. The minimum Gasteiger partial charge on any atom is -0.355 e. The largest absolute Gasteiger partial charge is 0.355 e. The number of likely N-dealkylation sites (tertiary alicyclic amines) is 1. The number of carbonyl (C=O) groups excluding carboxylic acids is 1. The summed E-state index contributed by atoms with van der Waals surface area (Å²) in [6.07, 6.45) is 9.87. The Morgan fingerprint density at radius 2 is 2.04 bits per heavy atom. The number of rotatable bonds is 5. The summed E-state index contributed by atoms with van der Waals surface area (Å²) in [4.78, 5) is 15.5. The quantitative estimate of drug-likeness (QED) is 0.870. The topological polar surface area (TPSA) is 50.2 Å². The maximum Gasteiger partial charge on any atom is 0.227 e. The van der Waals surface area contributed by atoms with E-state index >= 15 is 0 Å². The van der Waals surface area contributed by atoms with Crippen LogP contribution in [0.2, 0.25) is 0 Å². The number of benzene rings is 1. The molecule has 5 rings (SSSR count). The summed E-state index contributed by atoms with van der Waals surface area (Å²) < 4.78 is 1.87. The minimum absolute atomic E-state index is 0.0276. The number of hydrogen-bond donors (Lipinski definition) is 1. The van der Waals surface area contributed by atoms with Crippen LogP contribution in [0.4, 0.5) is 0 Å². The molecule has 1 amide bonds. The predicted octanol–water partition coefficient (Wildman–Crippen LogP) is 2.97. The summed E-state index contributed by atoms with van der Waals surface area (Å²) in [7, 11) is 1.97. The van der Waals surface area contributed by atoms with Gasteiger partial charge in [0.1, 0.15) is 0 Å². The van der Waals surface area contributed by atoms with Gasteiger partial charge in [0.25, 0.3) is 0 Å². The molecular formula is C23H30N4O. The minimum atomic E-state index is 0.0276. The van der Waals surface area contributed by atoms with Crippen LogP contribution in [-0.4, -0.2) is 40.2 Å². The molecule has 1 aromatic heterocycles. The van der Waals surface area contributed by atoms with Crippen molar-refractivity contribution < 1.29 is 4.79 Å². The molecular weight excluding hydrogens is 348 g/mol. The van der Waals surface area contributed by atoms with Crippen LogP contribution in [0.3, 0.4) is 0 Å². The Morgan fingerprint density at radius 1 is 1.25 bits per heavy atom. The van der Waals surface area contributed by atoms with E-state index in [0.717, 1.165) is 51.4 Å². The first-order valence-electron chi connectivity index (χ1n) is 10.7. The van der Waals surface area contributed by atoms with E-state index in [1.807, 2.05) is 17.9 Å². The highest BCUT2D eigenvalue weighted by atomic mass is 16.1. The highest BCUT2D eigenvalue weighted by molar-refractivity contribution is 5.85. The first kappa shape index (κ1) is 17.9. The van der Waals surface area contributed by atoms with Crippen LogP contribution in [0.25, 0.3) is 0 Å². The molecule has 1 aliphatic heterocycles. The first-order valence-corrected chi connectivity index (χ1v) is 10.7. The van der Waals surface area contributed by atoms with Gasteiger partial charge in [-0.25, -0.2) is 0 Å². The van der Waals surface area contributed by atoms with Crippen molar-refractivity contribution in [2.45, 2.75) is 50.0 Å². The number of piperidine rings is 1. The third-order valence-corrected chi connectivity index (χ3v) is 7.06. The summed E-state index contributed by atoms with van der Waals surface area (Å²) >= 11 is 0. The maximum absolute atomic E-state index is 12.9. The zero-order valence-corrected chi connectivity index (χ0v) is 16.7. The van der Waals surface area contributed by atoms with E-state index in [4.69, 9.17) is 0 Å². The van der Waals surface area contributed by atoms with Gasteiger partial charge in [0.2, 0.25) is 5.91 Å². The third kappa shape index (κ3) is 3.37. The van der Waals surface area contributed by atoms with Crippen molar-refractivity contribution in [3.8, 4) is 0 Å². The summed E-state index contributed by atoms with van der Waals surface area (Å²) in [5.74, 6) is 0.999. The molecule has 1 spiro atoms. The second kappa shape index (κ2) is 7.03. The number of aryl methyl sites for hydroxylation is 1. The molecule has 2 aromatic rings. The molecule has 1 unspecified atom stereocenters. The fourth-order valence-electron chi connectivity index (χ4n) is 5.24. The molecule has 2 fully saturated rings. The lowest BCUT2D eigenvalue weighted by molar-refractivity contribution is -0.122. The molecule has 5 nitrogen and oxygen atoms in total. The van der Waals surface area contributed by atoms with Gasteiger partial charge in [-0.3, -0.25) is 14.4 Å². The first-order chi connectivity index (χ1) is 13.6. The summed E-state index contributed by atoms with van der Waals surface area (Å²) in [5, 5.41) is 7.53. The average Bonchev–Trinajstić information content (AvgIpc) is 3.38. The van der Waals surface area contributed by atoms with Crippen molar-refractivity contribution in [2.75, 3.05) is 19.6 Å². The number of aromatic nitrogens is 2. The van der Waals surface area contributed by atoms with Gasteiger partial charge in [-0.1, -0.05) is 24.3 Å². The van der Waals surface area contributed by atoms with Gasteiger partial charge in [-0.15, -0.1) is 0 Å². The Balaban J connectivity index is 1.29. The molecule has 1 saturated carbocycles. The van der Waals surface area contributed by atoms with Crippen LogP contribution < -0.4 is 5.32 Å². The van der Waals surface area contributed by atoms with E-state index in [0.29, 0.717) is 0 Å². The lowest BCUT2D eigenvalue weighted by atomic mass is 9.73. The van der Waals surface area contributed by atoms with Crippen molar-refractivity contribution >= 4 is 5.91 Å². The van der Waals surface area contributed by atoms with Crippen molar-refractivity contribution in [3.63, 3.8) is 0 Å².